The second-order valence-corrected chi connectivity index (χ2v) is 7.13. The molecule has 1 N–H and O–H groups in total. The van der Waals surface area contributed by atoms with Crippen molar-refractivity contribution in [1.29, 1.82) is 0 Å². The van der Waals surface area contributed by atoms with E-state index in [2.05, 4.69) is 0 Å². The fourth-order valence-corrected chi connectivity index (χ4v) is 3.47. The van der Waals surface area contributed by atoms with Crippen molar-refractivity contribution in [3.8, 4) is 5.75 Å². The fourth-order valence-electron chi connectivity index (χ4n) is 3.47. The molecule has 0 aliphatic carbocycles. The number of hydrogen-bond donors (Lipinski definition) is 1. The highest BCUT2D eigenvalue weighted by atomic mass is 16.5. The van der Waals surface area contributed by atoms with Gasteiger partial charge in [-0.15, -0.1) is 0 Å². The minimum atomic E-state index is -0.761. The molecule has 3 rings (SSSR count). The smallest absolute Gasteiger partial charge is 0.295 e. The molecule has 1 saturated heterocycles. The first-order valence-electron chi connectivity index (χ1n) is 9.63. The van der Waals surface area contributed by atoms with Crippen LogP contribution in [0.2, 0.25) is 0 Å². The number of aliphatic hydroxyl groups is 1. The predicted octanol–water partition coefficient (Wildman–Crippen LogP) is 3.05. The molecule has 1 atom stereocenters. The van der Waals surface area contributed by atoms with E-state index >= 15 is 0 Å². The summed E-state index contributed by atoms with van der Waals surface area (Å²) in [5.74, 6) is -0.562. The number of amides is 1. The molecule has 1 aromatic carbocycles. The third-order valence-corrected chi connectivity index (χ3v) is 4.78. The minimum absolute atomic E-state index is 0.0310. The van der Waals surface area contributed by atoms with E-state index in [-0.39, 0.29) is 11.3 Å². The van der Waals surface area contributed by atoms with Gasteiger partial charge in [0.05, 0.1) is 18.4 Å². The van der Waals surface area contributed by atoms with Crippen LogP contribution in [0.4, 0.5) is 0 Å². The Morgan fingerprint density at radius 1 is 1.24 bits per heavy atom. The lowest BCUT2D eigenvalue weighted by atomic mass is 9.99. The number of hydrogen-bond acceptors (Lipinski definition) is 6. The van der Waals surface area contributed by atoms with Crippen molar-refractivity contribution in [2.45, 2.75) is 19.4 Å². The Morgan fingerprint density at radius 3 is 2.69 bits per heavy atom. The van der Waals surface area contributed by atoms with E-state index in [1.807, 2.05) is 25.9 Å². The molecule has 0 saturated carbocycles. The van der Waals surface area contributed by atoms with Crippen LogP contribution in [0, 0.1) is 0 Å². The second kappa shape index (κ2) is 8.96. The van der Waals surface area contributed by atoms with E-state index in [9.17, 15) is 14.7 Å². The zero-order valence-corrected chi connectivity index (χ0v) is 16.9. The van der Waals surface area contributed by atoms with E-state index in [0.29, 0.717) is 36.6 Å². The summed E-state index contributed by atoms with van der Waals surface area (Å²) in [7, 11) is 3.90. The summed E-state index contributed by atoms with van der Waals surface area (Å²) < 4.78 is 11.0. The number of ketones is 1. The van der Waals surface area contributed by atoms with Gasteiger partial charge >= 0.3 is 0 Å². The summed E-state index contributed by atoms with van der Waals surface area (Å²) in [6, 6.07) is 9.47. The first-order chi connectivity index (χ1) is 13.9. The van der Waals surface area contributed by atoms with Gasteiger partial charge in [-0.1, -0.05) is 12.1 Å². The first kappa shape index (κ1) is 20.7. The number of carbonyl (C=O) groups excluding carboxylic acids is 2. The molecule has 1 fully saturated rings. The molecule has 7 nitrogen and oxygen atoms in total. The van der Waals surface area contributed by atoms with Crippen molar-refractivity contribution in [3.05, 3.63) is 59.6 Å². The van der Waals surface area contributed by atoms with Gasteiger partial charge in [0.2, 0.25) is 0 Å². The molecule has 2 heterocycles. The van der Waals surface area contributed by atoms with Gasteiger partial charge in [-0.25, -0.2) is 0 Å². The van der Waals surface area contributed by atoms with Gasteiger partial charge in [-0.3, -0.25) is 9.59 Å². The molecule has 0 spiro atoms. The van der Waals surface area contributed by atoms with Crippen molar-refractivity contribution in [2.24, 2.45) is 0 Å². The van der Waals surface area contributed by atoms with Gasteiger partial charge in [0.15, 0.2) is 0 Å². The lowest BCUT2D eigenvalue weighted by molar-refractivity contribution is -0.140. The molecule has 7 heteroatoms. The van der Waals surface area contributed by atoms with Crippen LogP contribution in [0.1, 0.15) is 30.7 Å². The van der Waals surface area contributed by atoms with E-state index < -0.39 is 17.7 Å². The number of furan rings is 1. The number of ether oxygens (including phenoxy) is 1. The number of Topliss-reactive ketones (excluding diaryl/α,β-unsaturated/α-hetero) is 1. The Bertz CT molecular complexity index is 902. The van der Waals surface area contributed by atoms with Crippen LogP contribution in [0.3, 0.4) is 0 Å². The summed E-state index contributed by atoms with van der Waals surface area (Å²) in [6.45, 7) is 3.49. The average Bonchev–Trinajstić information content (AvgIpc) is 3.30. The number of aliphatic hydroxyl groups excluding tert-OH is 1. The van der Waals surface area contributed by atoms with Gasteiger partial charge < -0.3 is 24.1 Å². The normalized spacial score (nSPS) is 18.6. The number of rotatable bonds is 8. The summed E-state index contributed by atoms with van der Waals surface area (Å²) in [6.07, 6.45) is 2.18. The van der Waals surface area contributed by atoms with Gasteiger partial charge in [0, 0.05) is 12.1 Å². The monoisotopic (exact) mass is 398 g/mol. The molecule has 2 aromatic rings. The molecule has 0 bridgehead atoms. The summed E-state index contributed by atoms with van der Waals surface area (Å²) in [5.41, 5.74) is 0.447. The van der Waals surface area contributed by atoms with E-state index in [1.165, 1.54) is 11.2 Å². The zero-order valence-electron chi connectivity index (χ0n) is 16.9. The van der Waals surface area contributed by atoms with Crippen LogP contribution in [-0.4, -0.2) is 60.4 Å². The van der Waals surface area contributed by atoms with Gasteiger partial charge in [-0.2, -0.15) is 0 Å². The third-order valence-electron chi connectivity index (χ3n) is 4.78. The highest BCUT2D eigenvalue weighted by molar-refractivity contribution is 6.46. The van der Waals surface area contributed by atoms with Crippen LogP contribution >= 0.6 is 0 Å². The lowest BCUT2D eigenvalue weighted by Crippen LogP contribution is -2.32. The third kappa shape index (κ3) is 4.35. The standard InChI is InChI=1S/C22H26N2O5/c1-4-28-16-9-5-8-15(14-16)20(25)18-19(17-10-6-13-29-17)24(22(27)21(18)26)12-7-11-23(2)3/h5-6,8-10,13-14,19,25H,4,7,11-12H2,1-3H3/t19-/m0/s1. The molecule has 29 heavy (non-hydrogen) atoms. The number of benzene rings is 1. The highest BCUT2D eigenvalue weighted by Crippen LogP contribution is 2.39. The Kier molecular flexibility index (Phi) is 6.39. The predicted molar refractivity (Wildman–Crippen MR) is 108 cm³/mol. The van der Waals surface area contributed by atoms with E-state index in [1.54, 1.807) is 36.4 Å². The lowest BCUT2D eigenvalue weighted by Gasteiger charge is -2.24. The Morgan fingerprint density at radius 2 is 2.03 bits per heavy atom. The summed E-state index contributed by atoms with van der Waals surface area (Å²) in [5, 5.41) is 11.0. The molecular formula is C22H26N2O5. The first-order valence-corrected chi connectivity index (χ1v) is 9.63. The Labute approximate surface area is 170 Å². The van der Waals surface area contributed by atoms with Crippen LogP contribution in [-0.2, 0) is 9.59 Å². The Hall–Kier alpha value is -3.06. The van der Waals surface area contributed by atoms with E-state index in [4.69, 9.17) is 9.15 Å². The van der Waals surface area contributed by atoms with Crippen LogP contribution in [0.5, 0.6) is 5.75 Å². The van der Waals surface area contributed by atoms with Gasteiger partial charge in [0.1, 0.15) is 23.3 Å². The van der Waals surface area contributed by atoms with Crippen molar-refractivity contribution < 1.29 is 23.8 Å². The SMILES string of the molecule is CCOc1cccc(C(O)=C2C(=O)C(=O)N(CCCN(C)C)[C@H]2c2ccco2)c1. The number of carbonyl (C=O) groups is 2. The van der Waals surface area contributed by atoms with Crippen molar-refractivity contribution in [2.75, 3.05) is 33.8 Å². The van der Waals surface area contributed by atoms with Crippen LogP contribution < -0.4 is 4.74 Å². The van der Waals surface area contributed by atoms with Gasteiger partial charge in [-0.05, 0) is 58.3 Å². The molecule has 0 radical (unpaired) electrons. The maximum absolute atomic E-state index is 12.9. The largest absolute Gasteiger partial charge is 0.507 e. The number of likely N-dealkylation sites (tertiary alicyclic amines) is 1. The molecular weight excluding hydrogens is 372 g/mol. The van der Waals surface area contributed by atoms with Crippen molar-refractivity contribution in [1.82, 2.24) is 9.80 Å². The molecule has 154 valence electrons. The fraction of sp³-hybridized carbons (Fsp3) is 0.364. The number of nitrogens with zero attached hydrogens (tertiary/aromatic N) is 2. The highest BCUT2D eigenvalue weighted by Gasteiger charge is 2.47. The molecule has 1 aromatic heterocycles. The average molecular weight is 398 g/mol. The van der Waals surface area contributed by atoms with Crippen molar-refractivity contribution >= 4 is 17.4 Å². The molecule has 0 unspecified atom stereocenters. The van der Waals surface area contributed by atoms with E-state index in [0.717, 1.165) is 6.54 Å². The maximum atomic E-state index is 12.9. The second-order valence-electron chi connectivity index (χ2n) is 7.13. The van der Waals surface area contributed by atoms with Crippen LogP contribution in [0.15, 0.2) is 52.7 Å². The minimum Gasteiger partial charge on any atom is -0.507 e. The molecule has 1 aliphatic heterocycles. The summed E-state index contributed by atoms with van der Waals surface area (Å²) >= 11 is 0. The molecule has 1 amide bonds. The van der Waals surface area contributed by atoms with Crippen molar-refractivity contribution in [3.63, 3.8) is 0 Å². The quantitative estimate of drug-likeness (QED) is 0.418. The maximum Gasteiger partial charge on any atom is 0.295 e. The Balaban J connectivity index is 2.03. The van der Waals surface area contributed by atoms with Crippen LogP contribution in [0.25, 0.3) is 5.76 Å². The zero-order chi connectivity index (χ0) is 21.0. The van der Waals surface area contributed by atoms with Gasteiger partial charge in [0.25, 0.3) is 11.7 Å². The summed E-state index contributed by atoms with van der Waals surface area (Å²) in [4.78, 5) is 29.1. The molecule has 1 aliphatic rings. The topological polar surface area (TPSA) is 83.2 Å².